The number of nitrogen functional groups attached to an aromatic ring is 1. The van der Waals surface area contributed by atoms with Crippen LogP contribution in [-0.4, -0.2) is 12.5 Å². The number of rotatable bonds is 2. The van der Waals surface area contributed by atoms with Crippen LogP contribution in [0, 0.1) is 6.92 Å². The van der Waals surface area contributed by atoms with Crippen molar-refractivity contribution < 1.29 is 4.79 Å². The smallest absolute Gasteiger partial charge is 0.261 e. The number of carbonyl (C=O) groups is 1. The summed E-state index contributed by atoms with van der Waals surface area (Å²) in [6.07, 6.45) is 0. The van der Waals surface area contributed by atoms with Crippen molar-refractivity contribution in [3.63, 3.8) is 0 Å². The molecule has 0 bridgehead atoms. The summed E-state index contributed by atoms with van der Waals surface area (Å²) in [5, 5.41) is 3.42. The van der Waals surface area contributed by atoms with E-state index in [9.17, 15) is 4.79 Å². The average molecular weight is 184 g/mol. The quantitative estimate of drug-likeness (QED) is 0.729. The Morgan fingerprint density at radius 3 is 2.83 bits per heavy atom. The number of carbonyl (C=O) groups excluding carboxylic acids is 1. The lowest BCUT2D eigenvalue weighted by Gasteiger charge is -1.98. The van der Waals surface area contributed by atoms with Gasteiger partial charge in [0.15, 0.2) is 0 Å². The highest BCUT2D eigenvalue weighted by Gasteiger charge is 2.10. The lowest BCUT2D eigenvalue weighted by Crippen LogP contribution is -2.22. The van der Waals surface area contributed by atoms with E-state index in [1.54, 1.807) is 0 Å². The van der Waals surface area contributed by atoms with Gasteiger partial charge in [0.2, 0.25) is 0 Å². The molecule has 0 aliphatic heterocycles. The van der Waals surface area contributed by atoms with Crippen LogP contribution in [0.15, 0.2) is 6.07 Å². The van der Waals surface area contributed by atoms with Crippen molar-refractivity contribution in [3.8, 4) is 0 Å². The predicted molar refractivity (Wildman–Crippen MR) is 51.5 cm³/mol. The molecule has 1 aromatic heterocycles. The van der Waals surface area contributed by atoms with Gasteiger partial charge in [-0.25, -0.2) is 0 Å². The van der Waals surface area contributed by atoms with Gasteiger partial charge in [-0.05, 0) is 25.5 Å². The molecule has 4 heteroatoms. The maximum atomic E-state index is 11.3. The van der Waals surface area contributed by atoms with Crippen LogP contribution in [0.3, 0.4) is 0 Å². The fraction of sp³-hybridized carbons (Fsp3) is 0.375. The Balaban J connectivity index is 2.87. The number of hydrogen-bond acceptors (Lipinski definition) is 3. The lowest BCUT2D eigenvalue weighted by atomic mass is 10.3. The molecule has 0 unspecified atom stereocenters. The van der Waals surface area contributed by atoms with Gasteiger partial charge in [0, 0.05) is 6.54 Å². The Morgan fingerprint density at radius 1 is 1.75 bits per heavy atom. The number of aryl methyl sites for hydroxylation is 1. The van der Waals surface area contributed by atoms with Crippen LogP contribution in [0.25, 0.3) is 0 Å². The van der Waals surface area contributed by atoms with Crippen LogP contribution < -0.4 is 11.1 Å². The van der Waals surface area contributed by atoms with Gasteiger partial charge in [-0.2, -0.15) is 0 Å². The Morgan fingerprint density at radius 2 is 2.42 bits per heavy atom. The number of hydrogen-bond donors (Lipinski definition) is 2. The molecule has 3 N–H and O–H groups in total. The van der Waals surface area contributed by atoms with Crippen molar-refractivity contribution in [3.05, 3.63) is 16.5 Å². The number of nitrogens with one attached hydrogen (secondary N) is 1. The van der Waals surface area contributed by atoms with Crippen LogP contribution in [-0.2, 0) is 0 Å². The highest BCUT2D eigenvalue weighted by molar-refractivity contribution is 7.17. The first-order valence-corrected chi connectivity index (χ1v) is 4.61. The Hall–Kier alpha value is -1.03. The first kappa shape index (κ1) is 9.06. The first-order valence-electron chi connectivity index (χ1n) is 3.79. The Kier molecular flexibility index (Phi) is 2.70. The minimum Gasteiger partial charge on any atom is -0.391 e. The van der Waals surface area contributed by atoms with Crippen molar-refractivity contribution in [2.45, 2.75) is 13.8 Å². The van der Waals surface area contributed by atoms with Crippen LogP contribution >= 0.6 is 11.3 Å². The van der Waals surface area contributed by atoms with Gasteiger partial charge < -0.3 is 11.1 Å². The van der Waals surface area contributed by atoms with E-state index in [1.807, 2.05) is 19.9 Å². The predicted octanol–water partition coefficient (Wildman–Crippen LogP) is 1.39. The molecule has 0 radical (unpaired) electrons. The summed E-state index contributed by atoms with van der Waals surface area (Å²) in [6, 6.07) is 1.81. The van der Waals surface area contributed by atoms with Crippen LogP contribution in [0.5, 0.6) is 0 Å². The third kappa shape index (κ3) is 1.76. The third-order valence-corrected chi connectivity index (χ3v) is 2.55. The van der Waals surface area contributed by atoms with Crippen LogP contribution in [0.1, 0.15) is 22.2 Å². The summed E-state index contributed by atoms with van der Waals surface area (Å²) in [5.41, 5.74) is 6.50. The summed E-state index contributed by atoms with van der Waals surface area (Å²) >= 11 is 1.33. The molecule has 0 spiro atoms. The second kappa shape index (κ2) is 3.58. The molecule has 0 saturated heterocycles. The molecule has 0 atom stereocenters. The number of nitrogens with two attached hydrogens (primary N) is 1. The lowest BCUT2D eigenvalue weighted by molar-refractivity contribution is 0.0959. The molecular weight excluding hydrogens is 172 g/mol. The number of thiophene rings is 1. The van der Waals surface area contributed by atoms with Crippen molar-refractivity contribution in [1.29, 1.82) is 0 Å². The zero-order valence-electron chi connectivity index (χ0n) is 7.18. The van der Waals surface area contributed by atoms with Crippen molar-refractivity contribution >= 4 is 22.2 Å². The summed E-state index contributed by atoms with van der Waals surface area (Å²) in [4.78, 5) is 12.0. The van der Waals surface area contributed by atoms with E-state index < -0.39 is 0 Å². The summed E-state index contributed by atoms with van der Waals surface area (Å²) in [7, 11) is 0. The van der Waals surface area contributed by atoms with E-state index in [4.69, 9.17) is 5.73 Å². The normalized spacial score (nSPS) is 9.83. The molecule has 0 aliphatic rings. The van der Waals surface area contributed by atoms with Gasteiger partial charge >= 0.3 is 0 Å². The molecule has 3 nitrogen and oxygen atoms in total. The number of anilines is 1. The molecule has 1 aromatic rings. The molecule has 66 valence electrons. The maximum Gasteiger partial charge on any atom is 0.261 e. The van der Waals surface area contributed by atoms with Gasteiger partial charge in [0.25, 0.3) is 5.91 Å². The van der Waals surface area contributed by atoms with Crippen LogP contribution in [0.4, 0.5) is 5.00 Å². The summed E-state index contributed by atoms with van der Waals surface area (Å²) < 4.78 is 0. The molecule has 1 heterocycles. The minimum atomic E-state index is -0.0308. The van der Waals surface area contributed by atoms with Gasteiger partial charge in [0.1, 0.15) is 0 Å². The van der Waals surface area contributed by atoms with Gasteiger partial charge in [-0.15, -0.1) is 11.3 Å². The van der Waals surface area contributed by atoms with E-state index in [-0.39, 0.29) is 5.91 Å². The SMILES string of the molecule is CCNC(=O)c1sc(N)cc1C. The zero-order valence-corrected chi connectivity index (χ0v) is 7.99. The molecule has 1 rings (SSSR count). The molecule has 1 amide bonds. The topological polar surface area (TPSA) is 55.1 Å². The Bertz CT molecular complexity index is 293. The third-order valence-electron chi connectivity index (χ3n) is 1.48. The standard InChI is InChI=1S/C8H12N2OS/c1-3-10-8(11)7-5(2)4-6(9)12-7/h4H,3,9H2,1-2H3,(H,10,11). The van der Waals surface area contributed by atoms with Crippen molar-refractivity contribution in [2.24, 2.45) is 0 Å². The highest BCUT2D eigenvalue weighted by Crippen LogP contribution is 2.23. The monoisotopic (exact) mass is 184 g/mol. The molecule has 0 fully saturated rings. The average Bonchev–Trinajstić information content (AvgIpc) is 2.30. The van der Waals surface area contributed by atoms with Crippen molar-refractivity contribution in [2.75, 3.05) is 12.3 Å². The van der Waals surface area contributed by atoms with Gasteiger partial charge in [0.05, 0.1) is 9.88 Å². The van der Waals surface area contributed by atoms with E-state index in [1.165, 1.54) is 11.3 Å². The second-order valence-corrected chi connectivity index (χ2v) is 3.60. The fourth-order valence-electron chi connectivity index (χ4n) is 0.973. The van der Waals surface area contributed by atoms with E-state index in [0.29, 0.717) is 16.4 Å². The molecule has 0 aliphatic carbocycles. The minimum absolute atomic E-state index is 0.0308. The van der Waals surface area contributed by atoms with E-state index in [2.05, 4.69) is 5.32 Å². The van der Waals surface area contributed by atoms with E-state index in [0.717, 1.165) is 5.56 Å². The zero-order chi connectivity index (χ0) is 9.14. The molecular formula is C8H12N2OS. The fourth-order valence-corrected chi connectivity index (χ4v) is 1.83. The van der Waals surface area contributed by atoms with Gasteiger partial charge in [-0.3, -0.25) is 4.79 Å². The second-order valence-electron chi connectivity index (χ2n) is 2.52. The molecule has 0 saturated carbocycles. The van der Waals surface area contributed by atoms with Gasteiger partial charge in [-0.1, -0.05) is 0 Å². The van der Waals surface area contributed by atoms with Crippen LogP contribution in [0.2, 0.25) is 0 Å². The largest absolute Gasteiger partial charge is 0.391 e. The molecule has 0 aromatic carbocycles. The van der Waals surface area contributed by atoms with Crippen molar-refractivity contribution in [1.82, 2.24) is 5.32 Å². The summed E-state index contributed by atoms with van der Waals surface area (Å²) in [5.74, 6) is -0.0308. The van der Waals surface area contributed by atoms with E-state index >= 15 is 0 Å². The molecule has 12 heavy (non-hydrogen) atoms. The first-order chi connectivity index (χ1) is 5.65. The summed E-state index contributed by atoms with van der Waals surface area (Å²) in [6.45, 7) is 4.43. The Labute approximate surface area is 75.6 Å². The maximum absolute atomic E-state index is 11.3. The highest BCUT2D eigenvalue weighted by atomic mass is 32.1. The number of amides is 1.